The summed E-state index contributed by atoms with van der Waals surface area (Å²) in [5, 5.41) is 7.39. The van der Waals surface area contributed by atoms with Crippen molar-refractivity contribution < 1.29 is 4.74 Å². The monoisotopic (exact) mass is 287 g/mol. The van der Waals surface area contributed by atoms with Crippen molar-refractivity contribution >= 4 is 17.3 Å². The molecule has 0 bridgehead atoms. The van der Waals surface area contributed by atoms with E-state index in [0.29, 0.717) is 31.3 Å². The van der Waals surface area contributed by atoms with Crippen molar-refractivity contribution in [2.75, 3.05) is 18.5 Å². The second kappa shape index (κ2) is 7.50. The molecule has 0 saturated carbocycles. The van der Waals surface area contributed by atoms with Crippen molar-refractivity contribution in [3.8, 4) is 0 Å². The van der Waals surface area contributed by atoms with Crippen LogP contribution < -0.4 is 10.9 Å². The highest BCUT2D eigenvalue weighted by Gasteiger charge is 2.11. The second-order valence-electron chi connectivity index (χ2n) is 4.90. The summed E-state index contributed by atoms with van der Waals surface area (Å²) in [6.45, 7) is 9.76. The molecule has 1 rings (SSSR count). The molecule has 1 heterocycles. The van der Waals surface area contributed by atoms with Crippen LogP contribution in [-0.2, 0) is 11.3 Å². The van der Waals surface area contributed by atoms with Crippen molar-refractivity contribution in [2.24, 2.45) is 5.92 Å². The van der Waals surface area contributed by atoms with E-state index in [0.717, 1.165) is 0 Å². The summed E-state index contributed by atoms with van der Waals surface area (Å²) >= 11 is 6.07. The van der Waals surface area contributed by atoms with E-state index in [1.165, 1.54) is 4.68 Å². The van der Waals surface area contributed by atoms with Gasteiger partial charge in [-0.05, 0) is 19.8 Å². The predicted molar refractivity (Wildman–Crippen MR) is 77.9 cm³/mol. The summed E-state index contributed by atoms with van der Waals surface area (Å²) in [6.07, 6.45) is 1.64. The number of nitrogens with one attached hydrogen (secondary N) is 1. The van der Waals surface area contributed by atoms with Crippen LogP contribution in [0.1, 0.15) is 27.7 Å². The zero-order chi connectivity index (χ0) is 14.4. The molecule has 0 radical (unpaired) electrons. The molecule has 1 N–H and O–H groups in total. The molecule has 0 fully saturated rings. The summed E-state index contributed by atoms with van der Waals surface area (Å²) in [5.74, 6) is 0.345. The smallest absolute Gasteiger partial charge is 0.287 e. The van der Waals surface area contributed by atoms with E-state index in [2.05, 4.69) is 10.4 Å². The molecule has 1 aromatic rings. The number of aromatic nitrogens is 2. The van der Waals surface area contributed by atoms with E-state index in [1.54, 1.807) is 6.20 Å². The number of rotatable bonds is 7. The maximum Gasteiger partial charge on any atom is 0.287 e. The Morgan fingerprint density at radius 2 is 2.16 bits per heavy atom. The lowest BCUT2D eigenvalue weighted by molar-refractivity contribution is 0.0855. The Hall–Kier alpha value is -1.07. The molecule has 0 aromatic carbocycles. The van der Waals surface area contributed by atoms with Crippen molar-refractivity contribution in [1.29, 1.82) is 0 Å². The van der Waals surface area contributed by atoms with Gasteiger partial charge in [0.05, 0.1) is 18.0 Å². The molecular formula is C13H22ClN3O2. The fraction of sp³-hybridized carbons (Fsp3) is 0.692. The Morgan fingerprint density at radius 3 is 2.74 bits per heavy atom. The highest BCUT2D eigenvalue weighted by molar-refractivity contribution is 6.32. The van der Waals surface area contributed by atoms with Gasteiger partial charge in [0.25, 0.3) is 5.56 Å². The van der Waals surface area contributed by atoms with Gasteiger partial charge in [0.2, 0.25) is 0 Å². The molecule has 1 aromatic heterocycles. The lowest BCUT2D eigenvalue weighted by atomic mass is 10.2. The number of halogens is 1. The Balaban J connectivity index is 2.76. The van der Waals surface area contributed by atoms with Crippen LogP contribution in [0, 0.1) is 5.92 Å². The molecular weight excluding hydrogens is 266 g/mol. The third-order valence-corrected chi connectivity index (χ3v) is 2.92. The van der Waals surface area contributed by atoms with Gasteiger partial charge in [0.15, 0.2) is 0 Å². The van der Waals surface area contributed by atoms with Crippen LogP contribution in [0.5, 0.6) is 0 Å². The van der Waals surface area contributed by atoms with Gasteiger partial charge in [-0.2, -0.15) is 5.10 Å². The van der Waals surface area contributed by atoms with Crippen LogP contribution in [-0.4, -0.2) is 29.0 Å². The topological polar surface area (TPSA) is 56.1 Å². The number of anilines is 1. The summed E-state index contributed by atoms with van der Waals surface area (Å²) in [5.41, 5.74) is 0.294. The van der Waals surface area contributed by atoms with Crippen molar-refractivity contribution in [2.45, 2.75) is 40.3 Å². The van der Waals surface area contributed by atoms with Gasteiger partial charge < -0.3 is 10.1 Å². The number of ether oxygens (including phenoxy) is 1. The lowest BCUT2D eigenvalue weighted by Gasteiger charge is -2.15. The summed E-state index contributed by atoms with van der Waals surface area (Å²) in [6, 6.07) is 0. The van der Waals surface area contributed by atoms with Crippen LogP contribution in [0.4, 0.5) is 5.69 Å². The van der Waals surface area contributed by atoms with Crippen molar-refractivity contribution in [3.05, 3.63) is 21.6 Å². The largest absolute Gasteiger partial charge is 0.380 e. The van der Waals surface area contributed by atoms with Crippen LogP contribution in [0.15, 0.2) is 11.0 Å². The average molecular weight is 288 g/mol. The first-order valence-corrected chi connectivity index (χ1v) is 6.94. The molecule has 5 nitrogen and oxygen atoms in total. The minimum Gasteiger partial charge on any atom is -0.380 e. The molecule has 0 aliphatic heterocycles. The van der Waals surface area contributed by atoms with Crippen LogP contribution >= 0.6 is 11.6 Å². The van der Waals surface area contributed by atoms with E-state index < -0.39 is 0 Å². The van der Waals surface area contributed by atoms with E-state index in [4.69, 9.17) is 16.3 Å². The zero-order valence-corrected chi connectivity index (χ0v) is 12.7. The predicted octanol–water partition coefficient (Wildman–Crippen LogP) is 2.39. The van der Waals surface area contributed by atoms with E-state index >= 15 is 0 Å². The Labute approximate surface area is 118 Å². The molecule has 19 heavy (non-hydrogen) atoms. The summed E-state index contributed by atoms with van der Waals surface area (Å²) in [4.78, 5) is 12.0. The fourth-order valence-corrected chi connectivity index (χ4v) is 1.87. The van der Waals surface area contributed by atoms with E-state index in [1.807, 2.05) is 27.7 Å². The first-order chi connectivity index (χ1) is 8.95. The zero-order valence-electron chi connectivity index (χ0n) is 11.9. The highest BCUT2D eigenvalue weighted by Crippen LogP contribution is 2.15. The minimum absolute atomic E-state index is 0.0548. The van der Waals surface area contributed by atoms with Gasteiger partial charge in [-0.15, -0.1) is 0 Å². The quantitative estimate of drug-likeness (QED) is 0.837. The van der Waals surface area contributed by atoms with Gasteiger partial charge in [0, 0.05) is 19.7 Å². The molecule has 6 heteroatoms. The maximum absolute atomic E-state index is 12.0. The Kier molecular flexibility index (Phi) is 6.31. The first kappa shape index (κ1) is 16.0. The summed E-state index contributed by atoms with van der Waals surface area (Å²) < 4.78 is 6.79. The third-order valence-electron chi connectivity index (χ3n) is 2.55. The average Bonchev–Trinajstić information content (AvgIpc) is 2.34. The standard InChI is InChI=1S/C13H22ClN3O2/c1-5-19-10(4)6-15-11-7-16-17(8-9(2)3)13(18)12(11)14/h7,9-10,15H,5-6,8H2,1-4H3. The minimum atomic E-state index is -0.260. The number of hydrogen-bond acceptors (Lipinski definition) is 4. The van der Waals surface area contributed by atoms with Gasteiger partial charge in [-0.1, -0.05) is 25.4 Å². The van der Waals surface area contributed by atoms with Gasteiger partial charge in [-0.25, -0.2) is 4.68 Å². The molecule has 0 amide bonds. The van der Waals surface area contributed by atoms with Gasteiger partial charge >= 0.3 is 0 Å². The van der Waals surface area contributed by atoms with Gasteiger partial charge in [-0.3, -0.25) is 4.79 Å². The third kappa shape index (κ3) is 4.84. The lowest BCUT2D eigenvalue weighted by Crippen LogP contribution is -2.27. The first-order valence-electron chi connectivity index (χ1n) is 6.56. The molecule has 1 atom stereocenters. The number of nitrogens with zero attached hydrogens (tertiary/aromatic N) is 2. The molecule has 108 valence electrons. The van der Waals surface area contributed by atoms with Crippen molar-refractivity contribution in [3.63, 3.8) is 0 Å². The van der Waals surface area contributed by atoms with Crippen LogP contribution in [0.3, 0.4) is 0 Å². The molecule has 0 spiro atoms. The Morgan fingerprint density at radius 1 is 1.47 bits per heavy atom. The van der Waals surface area contributed by atoms with E-state index in [9.17, 15) is 4.79 Å². The number of hydrogen-bond donors (Lipinski definition) is 1. The summed E-state index contributed by atoms with van der Waals surface area (Å²) in [7, 11) is 0. The molecule has 1 unspecified atom stereocenters. The normalized spacial score (nSPS) is 12.7. The fourth-order valence-electron chi connectivity index (χ4n) is 1.66. The highest BCUT2D eigenvalue weighted by atomic mass is 35.5. The molecule has 0 aliphatic carbocycles. The van der Waals surface area contributed by atoms with Gasteiger partial charge in [0.1, 0.15) is 5.02 Å². The van der Waals surface area contributed by atoms with Crippen LogP contribution in [0.2, 0.25) is 5.02 Å². The molecule has 0 aliphatic rings. The van der Waals surface area contributed by atoms with Crippen molar-refractivity contribution in [1.82, 2.24) is 9.78 Å². The Bertz CT molecular complexity index is 460. The maximum atomic E-state index is 12.0. The van der Waals surface area contributed by atoms with Crippen LogP contribution in [0.25, 0.3) is 0 Å². The molecule has 0 saturated heterocycles. The SMILES string of the molecule is CCOC(C)CNc1cnn(CC(C)C)c(=O)c1Cl. The second-order valence-corrected chi connectivity index (χ2v) is 5.28. The van der Waals surface area contributed by atoms with E-state index in [-0.39, 0.29) is 16.7 Å².